The second-order valence-electron chi connectivity index (χ2n) is 5.55. The maximum absolute atomic E-state index is 12.3. The maximum Gasteiger partial charge on any atom is 0.316 e. The summed E-state index contributed by atoms with van der Waals surface area (Å²) in [7, 11) is 1.58. The molecule has 2 heterocycles. The predicted molar refractivity (Wildman–Crippen MR) is 85.5 cm³/mol. The van der Waals surface area contributed by atoms with Crippen molar-refractivity contribution in [2.45, 2.75) is 13.0 Å². The lowest BCUT2D eigenvalue weighted by Gasteiger charge is -2.27. The van der Waals surface area contributed by atoms with E-state index in [0.717, 1.165) is 0 Å². The van der Waals surface area contributed by atoms with Crippen LogP contribution in [0.2, 0.25) is 0 Å². The van der Waals surface area contributed by atoms with E-state index >= 15 is 0 Å². The van der Waals surface area contributed by atoms with E-state index < -0.39 is 11.1 Å². The Kier molecular flexibility index (Phi) is 4.29. The van der Waals surface area contributed by atoms with E-state index in [0.29, 0.717) is 37.3 Å². The highest BCUT2D eigenvalue weighted by molar-refractivity contribution is 5.77. The molecule has 0 atom stereocenters. The van der Waals surface area contributed by atoms with Crippen molar-refractivity contribution < 1.29 is 9.53 Å². The summed E-state index contributed by atoms with van der Waals surface area (Å²) in [6.07, 6.45) is 0.192. The number of fused-ring (bicyclic) bond motifs is 1. The second kappa shape index (κ2) is 6.37. The summed E-state index contributed by atoms with van der Waals surface area (Å²) in [5.74, 6) is -0.0232. The van der Waals surface area contributed by atoms with Crippen molar-refractivity contribution in [3.05, 3.63) is 45.0 Å². The van der Waals surface area contributed by atoms with Gasteiger partial charge in [-0.15, -0.1) is 0 Å². The summed E-state index contributed by atoms with van der Waals surface area (Å²) in [6, 6.07) is 7.20. The Balaban J connectivity index is 1.89. The minimum absolute atomic E-state index is 0.0232. The first-order valence-electron chi connectivity index (χ1n) is 7.63. The maximum atomic E-state index is 12.3. The van der Waals surface area contributed by atoms with Crippen LogP contribution in [-0.2, 0) is 23.1 Å². The topological polar surface area (TPSA) is 73.5 Å². The first-order chi connectivity index (χ1) is 11.1. The highest BCUT2D eigenvalue weighted by atomic mass is 16.5. The van der Waals surface area contributed by atoms with E-state index in [-0.39, 0.29) is 18.9 Å². The Morgan fingerprint density at radius 3 is 2.43 bits per heavy atom. The molecule has 1 aromatic carbocycles. The van der Waals surface area contributed by atoms with E-state index in [1.807, 2.05) is 12.1 Å². The van der Waals surface area contributed by atoms with E-state index in [1.165, 1.54) is 9.13 Å². The van der Waals surface area contributed by atoms with Gasteiger partial charge in [0.15, 0.2) is 0 Å². The van der Waals surface area contributed by atoms with Crippen molar-refractivity contribution in [1.29, 1.82) is 0 Å². The summed E-state index contributed by atoms with van der Waals surface area (Å²) in [5, 5.41) is 0. The number of hydrogen-bond acceptors (Lipinski definition) is 4. The summed E-state index contributed by atoms with van der Waals surface area (Å²) >= 11 is 0. The van der Waals surface area contributed by atoms with Crippen LogP contribution in [0.3, 0.4) is 0 Å². The molecule has 0 radical (unpaired) electrons. The molecule has 2 aromatic rings. The molecule has 1 saturated heterocycles. The summed E-state index contributed by atoms with van der Waals surface area (Å²) in [4.78, 5) is 38.3. The number of amides is 1. The van der Waals surface area contributed by atoms with Gasteiger partial charge in [-0.05, 0) is 12.1 Å². The Hall–Kier alpha value is -2.41. The van der Waals surface area contributed by atoms with Gasteiger partial charge in [0.05, 0.1) is 24.2 Å². The third-order valence-corrected chi connectivity index (χ3v) is 4.18. The molecule has 1 aliphatic rings. The highest BCUT2D eigenvalue weighted by Crippen LogP contribution is 2.10. The van der Waals surface area contributed by atoms with Crippen LogP contribution in [0.4, 0.5) is 0 Å². The number of morpholine rings is 1. The molecular formula is C16H19N3O4. The van der Waals surface area contributed by atoms with Gasteiger partial charge in [0.2, 0.25) is 5.91 Å². The zero-order valence-electron chi connectivity index (χ0n) is 13.0. The number of aromatic nitrogens is 2. The molecule has 1 aromatic heterocycles. The normalized spacial score (nSPS) is 15.1. The van der Waals surface area contributed by atoms with Crippen LogP contribution >= 0.6 is 0 Å². The van der Waals surface area contributed by atoms with Gasteiger partial charge in [0.25, 0.3) is 0 Å². The second-order valence-corrected chi connectivity index (χ2v) is 5.55. The van der Waals surface area contributed by atoms with Crippen molar-refractivity contribution in [3.8, 4) is 0 Å². The van der Waals surface area contributed by atoms with Crippen LogP contribution in [0.1, 0.15) is 6.42 Å². The van der Waals surface area contributed by atoms with Gasteiger partial charge in [-0.2, -0.15) is 0 Å². The molecule has 1 aliphatic heterocycles. The number of rotatable bonds is 3. The molecule has 0 bridgehead atoms. The van der Waals surface area contributed by atoms with Crippen molar-refractivity contribution in [1.82, 2.24) is 14.0 Å². The van der Waals surface area contributed by atoms with Crippen LogP contribution in [0.5, 0.6) is 0 Å². The average molecular weight is 317 g/mol. The van der Waals surface area contributed by atoms with Gasteiger partial charge in [-0.25, -0.2) is 0 Å². The van der Waals surface area contributed by atoms with Crippen molar-refractivity contribution in [2.24, 2.45) is 7.05 Å². The molecule has 0 spiro atoms. The van der Waals surface area contributed by atoms with E-state index in [1.54, 1.807) is 24.1 Å². The zero-order chi connectivity index (χ0) is 16.4. The monoisotopic (exact) mass is 317 g/mol. The number of ether oxygens (including phenoxy) is 1. The van der Waals surface area contributed by atoms with Gasteiger partial charge in [0.1, 0.15) is 0 Å². The number of para-hydroxylation sites is 2. The molecule has 0 unspecified atom stereocenters. The zero-order valence-corrected chi connectivity index (χ0v) is 13.0. The van der Waals surface area contributed by atoms with Gasteiger partial charge < -0.3 is 18.8 Å². The van der Waals surface area contributed by atoms with Crippen LogP contribution in [-0.4, -0.2) is 46.2 Å². The van der Waals surface area contributed by atoms with E-state index in [9.17, 15) is 14.4 Å². The lowest BCUT2D eigenvalue weighted by Crippen LogP contribution is -2.43. The molecule has 3 rings (SSSR count). The van der Waals surface area contributed by atoms with Crippen LogP contribution in [0, 0.1) is 0 Å². The van der Waals surface area contributed by atoms with Crippen LogP contribution in [0.15, 0.2) is 33.9 Å². The third-order valence-electron chi connectivity index (χ3n) is 4.18. The fourth-order valence-electron chi connectivity index (χ4n) is 2.85. The van der Waals surface area contributed by atoms with E-state index in [2.05, 4.69) is 0 Å². The fourth-order valence-corrected chi connectivity index (χ4v) is 2.85. The quantitative estimate of drug-likeness (QED) is 0.744. The standard InChI is InChI=1S/C16H19N3O4/c1-17-12-4-2-3-5-13(12)19(16(22)15(17)21)7-6-14(20)18-8-10-23-11-9-18/h2-5H,6-11H2,1H3. The largest absolute Gasteiger partial charge is 0.378 e. The summed E-state index contributed by atoms with van der Waals surface area (Å²) in [6.45, 7) is 2.43. The lowest BCUT2D eigenvalue weighted by atomic mass is 10.2. The fraction of sp³-hybridized carbons (Fsp3) is 0.438. The molecule has 0 N–H and O–H groups in total. The number of benzene rings is 1. The number of carbonyl (C=O) groups excluding carboxylic acids is 1. The number of aryl methyl sites for hydroxylation is 2. The third kappa shape index (κ3) is 2.92. The average Bonchev–Trinajstić information content (AvgIpc) is 2.60. The number of carbonyl (C=O) groups is 1. The first-order valence-corrected chi connectivity index (χ1v) is 7.63. The molecule has 23 heavy (non-hydrogen) atoms. The Morgan fingerprint density at radius 2 is 1.74 bits per heavy atom. The Morgan fingerprint density at radius 1 is 1.09 bits per heavy atom. The molecule has 0 saturated carbocycles. The summed E-state index contributed by atoms with van der Waals surface area (Å²) in [5.41, 5.74) is 0.161. The molecule has 122 valence electrons. The Labute approximate surface area is 132 Å². The molecule has 7 nitrogen and oxygen atoms in total. The molecule has 0 aliphatic carbocycles. The van der Waals surface area contributed by atoms with Gasteiger partial charge in [-0.3, -0.25) is 14.4 Å². The van der Waals surface area contributed by atoms with Crippen LogP contribution in [0.25, 0.3) is 11.0 Å². The molecule has 1 amide bonds. The first kappa shape index (κ1) is 15.5. The van der Waals surface area contributed by atoms with Gasteiger partial charge in [0, 0.05) is 33.1 Å². The minimum Gasteiger partial charge on any atom is -0.378 e. The lowest BCUT2D eigenvalue weighted by molar-refractivity contribution is -0.135. The number of hydrogen-bond donors (Lipinski definition) is 0. The smallest absolute Gasteiger partial charge is 0.316 e. The predicted octanol–water partition coefficient (Wildman–Crippen LogP) is -0.0509. The van der Waals surface area contributed by atoms with Gasteiger partial charge >= 0.3 is 11.1 Å². The highest BCUT2D eigenvalue weighted by Gasteiger charge is 2.18. The van der Waals surface area contributed by atoms with Crippen molar-refractivity contribution in [3.63, 3.8) is 0 Å². The van der Waals surface area contributed by atoms with Gasteiger partial charge in [-0.1, -0.05) is 12.1 Å². The molecule has 7 heteroatoms. The Bertz CT molecular complexity index is 847. The van der Waals surface area contributed by atoms with E-state index in [4.69, 9.17) is 4.74 Å². The number of nitrogens with zero attached hydrogens (tertiary/aromatic N) is 3. The SMILES string of the molecule is Cn1c(=O)c(=O)n(CCC(=O)N2CCOCC2)c2ccccc21. The molecule has 1 fully saturated rings. The molecular weight excluding hydrogens is 298 g/mol. The van der Waals surface area contributed by atoms with Crippen LogP contribution < -0.4 is 11.1 Å². The summed E-state index contributed by atoms with van der Waals surface area (Å²) < 4.78 is 7.97. The van der Waals surface area contributed by atoms with Crippen molar-refractivity contribution in [2.75, 3.05) is 26.3 Å². The van der Waals surface area contributed by atoms with Crippen molar-refractivity contribution >= 4 is 16.9 Å². The minimum atomic E-state index is -0.596.